The molecular formula is C24H21ClO3. The van der Waals surface area contributed by atoms with Gasteiger partial charge in [0.1, 0.15) is 11.9 Å². The number of hydrogen-bond acceptors (Lipinski definition) is 3. The molecule has 3 nitrogen and oxygen atoms in total. The summed E-state index contributed by atoms with van der Waals surface area (Å²) in [7, 11) is 1.62. The van der Waals surface area contributed by atoms with E-state index in [1.807, 2.05) is 48.5 Å². The van der Waals surface area contributed by atoms with Crippen LogP contribution in [-0.4, -0.2) is 19.2 Å². The molecular weight excluding hydrogens is 372 g/mol. The van der Waals surface area contributed by atoms with Gasteiger partial charge in [-0.25, -0.2) is 4.79 Å². The molecule has 0 heterocycles. The van der Waals surface area contributed by atoms with Crippen LogP contribution >= 0.6 is 11.6 Å². The largest absolute Gasteiger partial charge is 0.495 e. The van der Waals surface area contributed by atoms with E-state index < -0.39 is 0 Å². The van der Waals surface area contributed by atoms with Gasteiger partial charge < -0.3 is 9.47 Å². The van der Waals surface area contributed by atoms with Crippen molar-refractivity contribution in [2.75, 3.05) is 7.11 Å². The zero-order valence-corrected chi connectivity index (χ0v) is 16.4. The van der Waals surface area contributed by atoms with Crippen LogP contribution in [0.3, 0.4) is 0 Å². The molecule has 0 fully saturated rings. The predicted molar refractivity (Wildman–Crippen MR) is 110 cm³/mol. The number of methoxy groups -OCH3 is 1. The predicted octanol–water partition coefficient (Wildman–Crippen LogP) is 5.65. The molecule has 0 saturated heterocycles. The van der Waals surface area contributed by atoms with Gasteiger partial charge in [-0.15, -0.1) is 0 Å². The third-order valence-corrected chi connectivity index (χ3v) is 5.52. The summed E-state index contributed by atoms with van der Waals surface area (Å²) >= 11 is 6.37. The van der Waals surface area contributed by atoms with Gasteiger partial charge in [-0.05, 0) is 47.4 Å². The Kier molecular flexibility index (Phi) is 5.36. The Morgan fingerprint density at radius 1 is 1.00 bits per heavy atom. The van der Waals surface area contributed by atoms with Gasteiger partial charge in [0.15, 0.2) is 0 Å². The van der Waals surface area contributed by atoms with Gasteiger partial charge in [0.25, 0.3) is 0 Å². The van der Waals surface area contributed by atoms with E-state index in [0.717, 1.165) is 12.0 Å². The van der Waals surface area contributed by atoms with Crippen molar-refractivity contribution in [2.24, 2.45) is 0 Å². The van der Waals surface area contributed by atoms with Crippen molar-refractivity contribution in [2.45, 2.75) is 24.9 Å². The lowest BCUT2D eigenvalue weighted by molar-refractivity contribution is 0.0258. The van der Waals surface area contributed by atoms with Crippen molar-refractivity contribution in [1.82, 2.24) is 0 Å². The van der Waals surface area contributed by atoms with Gasteiger partial charge in [0, 0.05) is 12.3 Å². The Hall–Kier alpha value is -2.78. The SMILES string of the molecule is COc1cc2c(cc1Cl)C[C@H](OC(=O)c1ccccc1)C[C@H]2c1ccccc1. The van der Waals surface area contributed by atoms with Gasteiger partial charge in [-0.3, -0.25) is 0 Å². The van der Waals surface area contributed by atoms with Crippen LogP contribution in [0, 0.1) is 0 Å². The fourth-order valence-corrected chi connectivity index (χ4v) is 4.13. The minimum Gasteiger partial charge on any atom is -0.495 e. The Bertz CT molecular complexity index is 970. The summed E-state index contributed by atoms with van der Waals surface area (Å²) in [5.74, 6) is 0.492. The van der Waals surface area contributed by atoms with Crippen LogP contribution in [0.15, 0.2) is 72.8 Å². The highest BCUT2D eigenvalue weighted by atomic mass is 35.5. The second-order valence-corrected chi connectivity index (χ2v) is 7.39. The normalized spacial score (nSPS) is 18.2. The quantitative estimate of drug-likeness (QED) is 0.538. The number of carbonyl (C=O) groups excluding carboxylic acids is 1. The van der Waals surface area contributed by atoms with E-state index in [4.69, 9.17) is 21.1 Å². The molecule has 0 radical (unpaired) electrons. The molecule has 4 heteroatoms. The highest BCUT2D eigenvalue weighted by Gasteiger charge is 2.31. The van der Waals surface area contributed by atoms with Crippen molar-refractivity contribution in [1.29, 1.82) is 0 Å². The first kappa shape index (κ1) is 18.6. The number of benzene rings is 3. The number of rotatable bonds is 4. The van der Waals surface area contributed by atoms with Crippen LogP contribution in [0.5, 0.6) is 5.75 Å². The van der Waals surface area contributed by atoms with Crippen molar-refractivity contribution >= 4 is 17.6 Å². The van der Waals surface area contributed by atoms with Crippen LogP contribution in [0.2, 0.25) is 5.02 Å². The molecule has 0 amide bonds. The lowest BCUT2D eigenvalue weighted by atomic mass is 9.77. The summed E-state index contributed by atoms with van der Waals surface area (Å²) in [6.45, 7) is 0. The minimum absolute atomic E-state index is 0.115. The first-order valence-electron chi connectivity index (χ1n) is 9.33. The highest BCUT2D eigenvalue weighted by Crippen LogP contribution is 2.42. The Morgan fingerprint density at radius 2 is 1.68 bits per heavy atom. The molecule has 0 aliphatic heterocycles. The van der Waals surface area contributed by atoms with Crippen molar-refractivity contribution in [3.8, 4) is 5.75 Å². The van der Waals surface area contributed by atoms with Crippen LogP contribution in [-0.2, 0) is 11.2 Å². The van der Waals surface area contributed by atoms with Crippen LogP contribution in [0.1, 0.15) is 39.4 Å². The van der Waals surface area contributed by atoms with Crippen molar-refractivity contribution in [3.63, 3.8) is 0 Å². The first-order valence-corrected chi connectivity index (χ1v) is 9.70. The average molecular weight is 393 g/mol. The van der Waals surface area contributed by atoms with E-state index in [9.17, 15) is 4.79 Å². The summed E-state index contributed by atoms with van der Waals surface area (Å²) in [5.41, 5.74) is 4.03. The van der Waals surface area contributed by atoms with Crippen molar-refractivity contribution in [3.05, 3.63) is 100 Å². The maximum atomic E-state index is 12.6. The van der Waals surface area contributed by atoms with E-state index in [1.165, 1.54) is 11.1 Å². The Morgan fingerprint density at radius 3 is 2.36 bits per heavy atom. The number of esters is 1. The molecule has 142 valence electrons. The van der Waals surface area contributed by atoms with Gasteiger partial charge in [-0.1, -0.05) is 60.1 Å². The number of carbonyl (C=O) groups is 1. The van der Waals surface area contributed by atoms with E-state index in [-0.39, 0.29) is 18.0 Å². The molecule has 0 unspecified atom stereocenters. The zero-order chi connectivity index (χ0) is 19.5. The molecule has 28 heavy (non-hydrogen) atoms. The number of hydrogen-bond donors (Lipinski definition) is 0. The third-order valence-electron chi connectivity index (χ3n) is 5.22. The molecule has 0 aromatic heterocycles. The smallest absolute Gasteiger partial charge is 0.338 e. The fraction of sp³-hybridized carbons (Fsp3) is 0.208. The number of ether oxygens (including phenoxy) is 2. The van der Waals surface area contributed by atoms with E-state index in [1.54, 1.807) is 19.2 Å². The summed E-state index contributed by atoms with van der Waals surface area (Å²) in [5, 5.41) is 0.572. The van der Waals surface area contributed by atoms with Gasteiger partial charge in [0.2, 0.25) is 0 Å². The Labute approximate surface area is 169 Å². The highest BCUT2D eigenvalue weighted by molar-refractivity contribution is 6.32. The standard InChI is InChI=1S/C24H21ClO3/c1-27-23-15-21-18(13-22(23)25)12-19(14-20(21)16-8-4-2-5-9-16)28-24(26)17-10-6-3-7-11-17/h2-11,13,15,19-20H,12,14H2,1H3/t19-,20-/m0/s1. The second kappa shape index (κ2) is 8.07. The van der Waals surface area contributed by atoms with Crippen LogP contribution in [0.4, 0.5) is 0 Å². The fourth-order valence-electron chi connectivity index (χ4n) is 3.87. The molecule has 0 saturated carbocycles. The summed E-state index contributed by atoms with van der Waals surface area (Å²) < 4.78 is 11.3. The van der Waals surface area contributed by atoms with Crippen LogP contribution in [0.25, 0.3) is 0 Å². The molecule has 0 bridgehead atoms. The third kappa shape index (κ3) is 3.76. The summed E-state index contributed by atoms with van der Waals surface area (Å²) in [4.78, 5) is 12.6. The van der Waals surface area contributed by atoms with Gasteiger partial charge >= 0.3 is 5.97 Å². The van der Waals surface area contributed by atoms with Gasteiger partial charge in [0.05, 0.1) is 17.7 Å². The second-order valence-electron chi connectivity index (χ2n) is 6.98. The first-order chi connectivity index (χ1) is 13.7. The summed E-state index contributed by atoms with van der Waals surface area (Å²) in [6.07, 6.45) is 1.15. The monoisotopic (exact) mass is 392 g/mol. The maximum absolute atomic E-state index is 12.6. The minimum atomic E-state index is -0.291. The summed E-state index contributed by atoms with van der Waals surface area (Å²) in [6, 6.07) is 23.3. The van der Waals surface area contributed by atoms with E-state index in [0.29, 0.717) is 22.8 Å². The maximum Gasteiger partial charge on any atom is 0.338 e. The number of halogens is 1. The Balaban J connectivity index is 1.67. The lowest BCUT2D eigenvalue weighted by Crippen LogP contribution is -2.28. The molecule has 1 aliphatic rings. The van der Waals surface area contributed by atoms with E-state index >= 15 is 0 Å². The van der Waals surface area contributed by atoms with Crippen molar-refractivity contribution < 1.29 is 14.3 Å². The molecule has 3 aromatic rings. The number of fused-ring (bicyclic) bond motifs is 1. The lowest BCUT2D eigenvalue weighted by Gasteiger charge is -2.32. The zero-order valence-electron chi connectivity index (χ0n) is 15.6. The molecule has 0 N–H and O–H groups in total. The van der Waals surface area contributed by atoms with Crippen LogP contribution < -0.4 is 4.74 Å². The molecule has 1 aliphatic carbocycles. The molecule has 2 atom stereocenters. The van der Waals surface area contributed by atoms with E-state index in [2.05, 4.69) is 12.1 Å². The molecule has 4 rings (SSSR count). The average Bonchev–Trinajstić information content (AvgIpc) is 2.74. The van der Waals surface area contributed by atoms with Gasteiger partial charge in [-0.2, -0.15) is 0 Å². The molecule has 3 aromatic carbocycles. The molecule has 0 spiro atoms. The topological polar surface area (TPSA) is 35.5 Å².